The van der Waals surface area contributed by atoms with Crippen LogP contribution in [0.2, 0.25) is 5.15 Å². The van der Waals surface area contributed by atoms with E-state index in [1.807, 2.05) is 0 Å². The molecule has 0 saturated carbocycles. The lowest BCUT2D eigenvalue weighted by Gasteiger charge is -2.12. The molecule has 9 heteroatoms. The predicted molar refractivity (Wildman–Crippen MR) is 68.7 cm³/mol. The van der Waals surface area contributed by atoms with Crippen LogP contribution in [0.15, 0.2) is 21.6 Å². The minimum Gasteiger partial charge on any atom is -0.468 e. The lowest BCUT2D eigenvalue weighted by atomic mass is 10.4. The number of sulfonamides is 1. The Kier molecular flexibility index (Phi) is 5.09. The van der Waals surface area contributed by atoms with Gasteiger partial charge in [-0.25, -0.2) is 13.4 Å². The number of halogens is 2. The summed E-state index contributed by atoms with van der Waals surface area (Å²) in [7, 11) is -2.78. The van der Waals surface area contributed by atoms with Crippen LogP contribution in [-0.2, 0) is 19.6 Å². The Bertz CT molecular complexity index is 564. The van der Waals surface area contributed by atoms with Gasteiger partial charge in [-0.05, 0) is 28.9 Å². The molecule has 100 valence electrons. The molecule has 1 atom stereocenters. The largest absolute Gasteiger partial charge is 0.468 e. The van der Waals surface area contributed by atoms with E-state index >= 15 is 0 Å². The second-order valence-electron chi connectivity index (χ2n) is 3.31. The second-order valence-corrected chi connectivity index (χ2v) is 6.26. The lowest BCUT2D eigenvalue weighted by molar-refractivity contribution is -0.142. The predicted octanol–water partition coefficient (Wildman–Crippen LogP) is 1.34. The molecule has 0 amide bonds. The number of carbonyl (C=O) groups is 1. The molecule has 0 saturated heterocycles. The van der Waals surface area contributed by atoms with Gasteiger partial charge in [-0.15, -0.1) is 0 Å². The molecular formula is C9H10BrClN2O4S. The first kappa shape index (κ1) is 15.4. The van der Waals surface area contributed by atoms with Crippen LogP contribution in [0.4, 0.5) is 0 Å². The van der Waals surface area contributed by atoms with Gasteiger partial charge in [0, 0.05) is 10.7 Å². The van der Waals surface area contributed by atoms with Crippen molar-refractivity contribution in [1.29, 1.82) is 0 Å². The molecule has 0 aromatic carbocycles. The summed E-state index contributed by atoms with van der Waals surface area (Å²) in [6, 6.07) is 0.275. The zero-order valence-electron chi connectivity index (χ0n) is 9.48. The summed E-state index contributed by atoms with van der Waals surface area (Å²) in [5, 5.41) is -0.178. The summed E-state index contributed by atoms with van der Waals surface area (Å²) in [5.74, 6) is -0.697. The van der Waals surface area contributed by atoms with Crippen molar-refractivity contribution in [2.24, 2.45) is 0 Å². The Morgan fingerprint density at radius 2 is 2.22 bits per heavy atom. The smallest absolute Gasteiger partial charge is 0.323 e. The van der Waals surface area contributed by atoms with Gasteiger partial charge in [0.25, 0.3) is 0 Å². The van der Waals surface area contributed by atoms with E-state index in [-0.39, 0.29) is 10.0 Å². The first-order valence-corrected chi connectivity index (χ1v) is 7.34. The van der Waals surface area contributed by atoms with Gasteiger partial charge in [-0.1, -0.05) is 11.6 Å². The Labute approximate surface area is 118 Å². The van der Waals surface area contributed by atoms with Crippen LogP contribution < -0.4 is 4.72 Å². The molecule has 6 nitrogen and oxygen atoms in total. The number of nitrogens with one attached hydrogen (secondary N) is 1. The number of aromatic nitrogens is 1. The molecule has 0 bridgehead atoms. The summed E-state index contributed by atoms with van der Waals surface area (Å²) >= 11 is 8.80. The number of ether oxygens (including phenoxy) is 1. The van der Waals surface area contributed by atoms with E-state index in [9.17, 15) is 13.2 Å². The zero-order valence-corrected chi connectivity index (χ0v) is 12.6. The first-order valence-electron chi connectivity index (χ1n) is 4.69. The molecule has 0 spiro atoms. The van der Waals surface area contributed by atoms with Gasteiger partial charge in [0.05, 0.1) is 7.11 Å². The van der Waals surface area contributed by atoms with Crippen molar-refractivity contribution in [3.05, 3.63) is 21.9 Å². The number of methoxy groups -OCH3 is 1. The molecule has 1 unspecified atom stereocenters. The molecule has 18 heavy (non-hydrogen) atoms. The molecular weight excluding hydrogens is 348 g/mol. The van der Waals surface area contributed by atoms with E-state index < -0.39 is 22.0 Å². The standard InChI is InChI=1S/C9H10BrClN2O4S/c1-5(9(14)17-2)13-18(15,16)7-3-6(10)4-12-8(7)11/h3-5,13H,1-2H3. The molecule has 1 N–H and O–H groups in total. The van der Waals surface area contributed by atoms with Crippen LogP contribution in [0.25, 0.3) is 0 Å². The highest BCUT2D eigenvalue weighted by Crippen LogP contribution is 2.22. The van der Waals surface area contributed by atoms with E-state index in [1.54, 1.807) is 0 Å². The SMILES string of the molecule is COC(=O)C(C)NS(=O)(=O)c1cc(Br)cnc1Cl. The van der Waals surface area contributed by atoms with Gasteiger partial charge in [-0.2, -0.15) is 4.72 Å². The summed E-state index contributed by atoms with van der Waals surface area (Å²) in [6.45, 7) is 1.36. The Morgan fingerprint density at radius 3 is 2.78 bits per heavy atom. The van der Waals surface area contributed by atoms with Crippen LogP contribution in [0, 0.1) is 0 Å². The third kappa shape index (κ3) is 3.64. The van der Waals surface area contributed by atoms with Crippen molar-refractivity contribution in [3.8, 4) is 0 Å². The van der Waals surface area contributed by atoms with Crippen LogP contribution in [0.3, 0.4) is 0 Å². The van der Waals surface area contributed by atoms with Crippen molar-refractivity contribution >= 4 is 43.5 Å². The second kappa shape index (κ2) is 5.96. The molecule has 0 aliphatic heterocycles. The number of hydrogen-bond acceptors (Lipinski definition) is 5. The fourth-order valence-corrected chi connectivity index (χ4v) is 3.25. The van der Waals surface area contributed by atoms with Crippen LogP contribution in [-0.4, -0.2) is 32.5 Å². The number of nitrogens with zero attached hydrogens (tertiary/aromatic N) is 1. The Hall–Kier alpha value is -0.700. The van der Waals surface area contributed by atoms with Gasteiger partial charge < -0.3 is 4.74 Å². The van der Waals surface area contributed by atoms with Crippen molar-refractivity contribution < 1.29 is 17.9 Å². The minimum atomic E-state index is -3.94. The molecule has 1 aromatic heterocycles. The molecule has 0 aliphatic rings. The van der Waals surface area contributed by atoms with Crippen LogP contribution in [0.5, 0.6) is 0 Å². The number of esters is 1. The number of carbonyl (C=O) groups excluding carboxylic acids is 1. The Balaban J connectivity index is 3.07. The summed E-state index contributed by atoms with van der Waals surface area (Å²) in [4.78, 5) is 14.7. The van der Waals surface area contributed by atoms with Crippen LogP contribution >= 0.6 is 27.5 Å². The third-order valence-electron chi connectivity index (χ3n) is 1.95. The molecule has 0 aliphatic carbocycles. The van der Waals surface area contributed by atoms with Crippen molar-refractivity contribution in [3.63, 3.8) is 0 Å². The number of rotatable bonds is 4. The summed E-state index contributed by atoms with van der Waals surface area (Å²) < 4.78 is 31.0. The highest BCUT2D eigenvalue weighted by atomic mass is 79.9. The van der Waals surface area contributed by atoms with Gasteiger partial charge in [0.15, 0.2) is 0 Å². The van der Waals surface area contributed by atoms with E-state index in [2.05, 4.69) is 30.4 Å². The monoisotopic (exact) mass is 356 g/mol. The zero-order chi connectivity index (χ0) is 13.9. The molecule has 0 fully saturated rings. The third-order valence-corrected chi connectivity index (χ3v) is 4.35. The van der Waals surface area contributed by atoms with Crippen molar-refractivity contribution in [2.75, 3.05) is 7.11 Å². The average molecular weight is 358 g/mol. The van der Waals surface area contributed by atoms with Crippen LogP contribution in [0.1, 0.15) is 6.92 Å². The highest BCUT2D eigenvalue weighted by Gasteiger charge is 2.25. The van der Waals surface area contributed by atoms with Crippen molar-refractivity contribution in [1.82, 2.24) is 9.71 Å². The molecule has 1 heterocycles. The summed E-state index contributed by atoms with van der Waals surface area (Å²) in [5.41, 5.74) is 0. The van der Waals surface area contributed by atoms with E-state index in [4.69, 9.17) is 11.6 Å². The summed E-state index contributed by atoms with van der Waals surface area (Å²) in [6.07, 6.45) is 1.37. The first-order chi connectivity index (χ1) is 8.27. The maximum atomic E-state index is 12.0. The molecule has 0 radical (unpaired) electrons. The van der Waals surface area contributed by atoms with E-state index in [0.717, 1.165) is 0 Å². The van der Waals surface area contributed by atoms with E-state index in [0.29, 0.717) is 4.47 Å². The normalized spacial score (nSPS) is 13.1. The topological polar surface area (TPSA) is 85.4 Å². The van der Waals surface area contributed by atoms with Gasteiger partial charge in [-0.3, -0.25) is 4.79 Å². The van der Waals surface area contributed by atoms with Gasteiger partial charge >= 0.3 is 5.97 Å². The fourth-order valence-electron chi connectivity index (χ4n) is 1.11. The Morgan fingerprint density at radius 1 is 1.61 bits per heavy atom. The van der Waals surface area contributed by atoms with E-state index in [1.165, 1.54) is 26.3 Å². The maximum absolute atomic E-state index is 12.0. The molecule has 1 aromatic rings. The fraction of sp³-hybridized carbons (Fsp3) is 0.333. The number of pyridine rings is 1. The maximum Gasteiger partial charge on any atom is 0.323 e. The number of hydrogen-bond donors (Lipinski definition) is 1. The quantitative estimate of drug-likeness (QED) is 0.649. The van der Waals surface area contributed by atoms with Gasteiger partial charge in [0.2, 0.25) is 10.0 Å². The lowest BCUT2D eigenvalue weighted by Crippen LogP contribution is -2.39. The van der Waals surface area contributed by atoms with Crippen molar-refractivity contribution in [2.45, 2.75) is 17.9 Å². The average Bonchev–Trinajstić information content (AvgIpc) is 2.30. The minimum absolute atomic E-state index is 0.178. The van der Waals surface area contributed by atoms with Gasteiger partial charge in [0.1, 0.15) is 16.1 Å². The highest BCUT2D eigenvalue weighted by molar-refractivity contribution is 9.10. The molecule has 1 rings (SSSR count).